The first-order chi connectivity index (χ1) is 19.0. The molecule has 0 radical (unpaired) electrons. The molecule has 1 heterocycles. The molecule has 0 aliphatic heterocycles. The second kappa shape index (κ2) is 15.3. The molecule has 2 aromatic carbocycles. The van der Waals surface area contributed by atoms with Gasteiger partial charge in [0.1, 0.15) is 17.2 Å². The first-order valence-corrected chi connectivity index (χ1v) is 18.7. The minimum Gasteiger partial charge on any atom is -0.748 e. The summed E-state index contributed by atoms with van der Waals surface area (Å²) in [5, 5.41) is 10.3. The van der Waals surface area contributed by atoms with E-state index < -0.39 is 63.7 Å². The van der Waals surface area contributed by atoms with Crippen molar-refractivity contribution in [3.8, 4) is 0 Å². The van der Waals surface area contributed by atoms with E-state index in [4.69, 9.17) is 0 Å². The number of halogens is 1. The van der Waals surface area contributed by atoms with Crippen LogP contribution in [0.1, 0.15) is 18.5 Å². The van der Waals surface area contributed by atoms with E-state index in [-0.39, 0.29) is 111 Å². The van der Waals surface area contributed by atoms with Gasteiger partial charge in [-0.15, -0.1) is 0 Å². The summed E-state index contributed by atoms with van der Waals surface area (Å²) in [5.74, 6) is -3.49. The van der Waals surface area contributed by atoms with Crippen molar-refractivity contribution in [2.75, 3.05) is 23.0 Å². The fourth-order valence-corrected chi connectivity index (χ4v) is 11.0. The molecule has 19 heteroatoms. The maximum atomic E-state index is 14.4. The summed E-state index contributed by atoms with van der Waals surface area (Å²) in [6.07, 6.45) is -0.670. The second-order valence-electron chi connectivity index (χ2n) is 9.33. The van der Waals surface area contributed by atoms with Gasteiger partial charge in [-0.25, -0.2) is 33.6 Å². The van der Waals surface area contributed by atoms with Crippen LogP contribution in [-0.4, -0.2) is 82.7 Å². The van der Waals surface area contributed by atoms with Gasteiger partial charge in [-0.1, -0.05) is 18.2 Å². The monoisotopic (exact) mass is 711 g/mol. The predicted octanol–water partition coefficient (Wildman–Crippen LogP) is -4.13. The number of aromatic nitrogens is 1. The Kier molecular flexibility index (Phi) is 13.9. The second-order valence-corrected chi connectivity index (χ2v) is 16.8. The van der Waals surface area contributed by atoms with Crippen LogP contribution < -0.4 is 59.1 Å². The van der Waals surface area contributed by atoms with Crippen LogP contribution in [0.25, 0.3) is 10.9 Å². The topological polar surface area (TPSA) is 191 Å². The molecule has 1 fully saturated rings. The molecular weight excluding hydrogens is 688 g/mol. The average molecular weight is 712 g/mol. The van der Waals surface area contributed by atoms with Crippen LogP contribution in [0.15, 0.2) is 59.5 Å². The summed E-state index contributed by atoms with van der Waals surface area (Å²) < 4.78 is 111. The number of aliphatic hydroxyl groups is 1. The number of benzene rings is 2. The third-order valence-electron chi connectivity index (χ3n) is 6.53. The minimum atomic E-state index is -4.66. The quantitative estimate of drug-likeness (QED) is 0.150. The number of hydrogen-bond acceptors (Lipinski definition) is 12. The zero-order chi connectivity index (χ0) is 30.2. The fraction of sp³-hybridized carbons (Fsp3) is 0.375. The van der Waals surface area contributed by atoms with Crippen LogP contribution in [0.4, 0.5) is 4.39 Å². The van der Waals surface area contributed by atoms with Crippen molar-refractivity contribution in [1.29, 1.82) is 0 Å². The van der Waals surface area contributed by atoms with Crippen molar-refractivity contribution in [2.24, 2.45) is 0 Å². The van der Waals surface area contributed by atoms with E-state index in [9.17, 15) is 48.7 Å². The van der Waals surface area contributed by atoms with Crippen LogP contribution in [0.3, 0.4) is 0 Å². The smallest absolute Gasteiger partial charge is 0.748 e. The van der Waals surface area contributed by atoms with E-state index in [1.54, 1.807) is 6.07 Å². The van der Waals surface area contributed by atoms with E-state index in [0.29, 0.717) is 0 Å². The number of fused-ring (bicyclic) bond motifs is 1. The summed E-state index contributed by atoms with van der Waals surface area (Å²) in [6, 6.07) is 11.8. The Hall–Kier alpha value is 0.0100. The van der Waals surface area contributed by atoms with Gasteiger partial charge in [-0.3, -0.25) is 4.79 Å². The maximum Gasteiger partial charge on any atom is 1.00 e. The molecule has 1 saturated carbocycles. The predicted molar refractivity (Wildman–Crippen MR) is 151 cm³/mol. The van der Waals surface area contributed by atoms with E-state index in [1.165, 1.54) is 36.4 Å². The van der Waals surface area contributed by atoms with Gasteiger partial charge >= 0.3 is 59.1 Å². The number of thioether (sulfide) groups is 2. The van der Waals surface area contributed by atoms with Crippen molar-refractivity contribution in [3.63, 3.8) is 0 Å². The Morgan fingerprint density at radius 1 is 0.860 bits per heavy atom. The van der Waals surface area contributed by atoms with Gasteiger partial charge in [0.05, 0.1) is 36.3 Å². The Morgan fingerprint density at radius 2 is 1.37 bits per heavy atom. The molecule has 1 aliphatic carbocycles. The number of rotatable bonds is 11. The van der Waals surface area contributed by atoms with Crippen LogP contribution in [0, 0.1) is 5.82 Å². The maximum absolute atomic E-state index is 14.4. The molecule has 2 atom stereocenters. The molecular formula is C24H24FNNa2O10S5. The number of carbonyl (C=O) groups excluding carboxylic acids is 1. The SMILES string of the molecule is O=C1CC(SCCS(=O)(=O)[O-])C(O)(c2cc3ccc(F)cc3n2S(=O)(=O)c2ccccc2)C(SCCS(=O)(=O)[O-])C1.[Na+].[Na+]. The van der Waals surface area contributed by atoms with Crippen molar-refractivity contribution in [1.82, 2.24) is 3.97 Å². The fourth-order valence-electron chi connectivity index (χ4n) is 4.69. The van der Waals surface area contributed by atoms with Crippen molar-refractivity contribution in [2.45, 2.75) is 33.8 Å². The molecule has 11 nitrogen and oxygen atoms in total. The molecule has 1 aliphatic rings. The number of ketones is 1. The van der Waals surface area contributed by atoms with Crippen molar-refractivity contribution >= 4 is 70.5 Å². The van der Waals surface area contributed by atoms with Crippen LogP contribution in [-0.2, 0) is 40.7 Å². The summed E-state index contributed by atoms with van der Waals surface area (Å²) >= 11 is 1.55. The van der Waals surface area contributed by atoms with E-state index in [2.05, 4.69) is 0 Å². The third-order valence-corrected chi connectivity index (χ3v) is 12.9. The van der Waals surface area contributed by atoms with Gasteiger partial charge in [0.15, 0.2) is 0 Å². The summed E-state index contributed by atoms with van der Waals surface area (Å²) in [5.41, 5.74) is -2.63. The largest absolute Gasteiger partial charge is 1.00 e. The molecule has 2 unspecified atom stereocenters. The number of hydrogen-bond donors (Lipinski definition) is 1. The normalized spacial score (nSPS) is 21.3. The molecule has 0 amide bonds. The van der Waals surface area contributed by atoms with Gasteiger partial charge in [0, 0.05) is 51.7 Å². The number of Topliss-reactive ketones (excluding diaryl/α,β-unsaturated/α-hetero) is 1. The first-order valence-electron chi connectivity index (χ1n) is 12.0. The first kappa shape index (κ1) is 39.2. The molecule has 1 aromatic heterocycles. The third kappa shape index (κ3) is 9.31. The molecule has 1 N–H and O–H groups in total. The molecule has 0 spiro atoms. The van der Waals surface area contributed by atoms with Gasteiger partial charge in [0.25, 0.3) is 10.0 Å². The number of carbonyl (C=O) groups is 1. The summed E-state index contributed by atoms with van der Waals surface area (Å²) in [7, 11) is -13.8. The van der Waals surface area contributed by atoms with Gasteiger partial charge in [0.2, 0.25) is 0 Å². The Bertz CT molecular complexity index is 1740. The van der Waals surface area contributed by atoms with Crippen molar-refractivity contribution < 1.29 is 108 Å². The summed E-state index contributed by atoms with van der Waals surface area (Å²) in [6.45, 7) is 0. The van der Waals surface area contributed by atoms with Crippen LogP contribution in [0.2, 0.25) is 0 Å². The van der Waals surface area contributed by atoms with Gasteiger partial charge in [-0.05, 0) is 36.4 Å². The van der Waals surface area contributed by atoms with Crippen molar-refractivity contribution in [3.05, 3.63) is 66.1 Å². The molecule has 43 heavy (non-hydrogen) atoms. The van der Waals surface area contributed by atoms with Crippen LogP contribution >= 0.6 is 23.5 Å². The molecule has 3 aromatic rings. The standard InChI is InChI=1S/C24H26FNO10S5.2Na/c25-17-7-6-16-12-21(26(20(16)13-17)41(35,36)19-4-2-1-3-5-19)24(28)22(37-8-10-39(29,30)31)14-18(27)15-23(24)38-9-11-40(32,33)34;;/h1-7,12-13,22-23,28H,8-11,14-15H2,(H,29,30,31)(H,32,33,34);;/q;2*+1/p-2. The van der Waals surface area contributed by atoms with E-state index >= 15 is 0 Å². The Labute approximate surface area is 301 Å². The van der Waals surface area contributed by atoms with E-state index in [0.717, 1.165) is 39.6 Å². The average Bonchev–Trinajstić information content (AvgIpc) is 3.25. The summed E-state index contributed by atoms with van der Waals surface area (Å²) in [4.78, 5) is 12.6. The molecule has 0 bridgehead atoms. The number of nitrogens with zero attached hydrogens (tertiary/aromatic N) is 1. The Morgan fingerprint density at radius 3 is 1.86 bits per heavy atom. The zero-order valence-electron chi connectivity index (χ0n) is 23.1. The zero-order valence-corrected chi connectivity index (χ0v) is 31.2. The van der Waals surface area contributed by atoms with Crippen LogP contribution in [0.5, 0.6) is 0 Å². The van der Waals surface area contributed by atoms with E-state index in [1.807, 2.05) is 0 Å². The molecule has 0 saturated heterocycles. The molecule has 224 valence electrons. The minimum absolute atomic E-state index is 0. The van der Waals surface area contributed by atoms with Gasteiger partial charge < -0.3 is 14.2 Å². The Balaban J connectivity index is 0.00000323. The molecule has 4 rings (SSSR count). The van der Waals surface area contributed by atoms with Gasteiger partial charge in [-0.2, -0.15) is 23.5 Å².